The highest BCUT2D eigenvalue weighted by atomic mass is 35.5. The number of carbonyl (C=O) groups excluding carboxylic acids is 4. The number of halogens is 4. The van der Waals surface area contributed by atoms with Crippen molar-refractivity contribution in [3.05, 3.63) is 47.0 Å². The number of esters is 1. The Morgan fingerprint density at radius 2 is 1.96 bits per heavy atom. The number of allylic oxidation sites excluding steroid dienone is 1. The van der Waals surface area contributed by atoms with Crippen LogP contribution in [0.1, 0.15) is 68.6 Å². The second kappa shape index (κ2) is 14.0. The molecule has 10 nitrogen and oxygen atoms in total. The third kappa shape index (κ3) is 7.40. The zero-order valence-corrected chi connectivity index (χ0v) is 26.0. The van der Waals surface area contributed by atoms with Gasteiger partial charge in [0.05, 0.1) is 24.8 Å². The Kier molecular flexibility index (Phi) is 10.7. The quantitative estimate of drug-likeness (QED) is 0.373. The molecule has 0 spiro atoms. The molecule has 2 fully saturated rings. The molecule has 3 amide bonds. The first-order chi connectivity index (χ1) is 20.9. The fourth-order valence-electron chi connectivity index (χ4n) is 6.51. The van der Waals surface area contributed by atoms with Crippen LogP contribution in [-0.2, 0) is 43.0 Å². The minimum Gasteiger partial charge on any atom is -0.464 e. The predicted octanol–water partition coefficient (Wildman–Crippen LogP) is 3.88. The van der Waals surface area contributed by atoms with Crippen molar-refractivity contribution in [2.75, 3.05) is 19.7 Å². The maximum Gasteiger partial charge on any atom is 0.416 e. The van der Waals surface area contributed by atoms with Gasteiger partial charge in [-0.1, -0.05) is 37.1 Å². The minimum atomic E-state index is -4.57. The summed E-state index contributed by atoms with van der Waals surface area (Å²) in [7, 11) is 0. The molecule has 0 radical (unpaired) electrons. The van der Waals surface area contributed by atoms with Gasteiger partial charge in [0.2, 0.25) is 11.8 Å². The Balaban J connectivity index is 0.00000461. The van der Waals surface area contributed by atoms with E-state index < -0.39 is 59.3 Å². The third-order valence-corrected chi connectivity index (χ3v) is 9.02. The van der Waals surface area contributed by atoms with E-state index in [1.165, 1.54) is 15.9 Å². The van der Waals surface area contributed by atoms with E-state index in [2.05, 4.69) is 5.32 Å². The molecule has 0 bridgehead atoms. The molecule has 5 atom stereocenters. The van der Waals surface area contributed by atoms with Crippen LogP contribution in [0, 0.1) is 5.92 Å². The van der Waals surface area contributed by atoms with Crippen molar-refractivity contribution in [2.45, 2.75) is 94.7 Å². The maximum absolute atomic E-state index is 13.7. The summed E-state index contributed by atoms with van der Waals surface area (Å²) in [5.41, 5.74) is 4.76. The molecule has 14 heteroatoms. The van der Waals surface area contributed by atoms with Crippen LogP contribution in [0.25, 0.3) is 0 Å². The molecular weight excluding hydrogens is 617 g/mol. The zero-order valence-electron chi connectivity index (χ0n) is 25.1. The second-order valence-corrected chi connectivity index (χ2v) is 12.0. The van der Waals surface area contributed by atoms with Gasteiger partial charge in [0.15, 0.2) is 0 Å². The van der Waals surface area contributed by atoms with Crippen molar-refractivity contribution < 1.29 is 41.8 Å². The summed E-state index contributed by atoms with van der Waals surface area (Å²) in [5.74, 6) is -1.84. The molecule has 1 saturated carbocycles. The number of nitrogens with zero attached hydrogens (tertiary/aromatic N) is 2. The van der Waals surface area contributed by atoms with Gasteiger partial charge in [-0.15, -0.1) is 12.4 Å². The largest absolute Gasteiger partial charge is 0.464 e. The van der Waals surface area contributed by atoms with Crippen molar-refractivity contribution in [1.29, 1.82) is 0 Å². The molecule has 4 aliphatic rings. The van der Waals surface area contributed by atoms with Crippen LogP contribution in [0.5, 0.6) is 0 Å². The standard InChI is InChI=1S/C31H39F3N4O6.ClH/c1-2-43-28(41)30-16-20(30)10-6-4-3-5-7-12-24(35)27(40)38-17-21(15-25(38)26(39)36-30)44-29(42)37-14-13-19-9-8-11-23(22(19)18-37)31(32,33)34;/h6,8-11,20-21,24-25H,2-5,7,12-18,35H2,1H3,(H,36,39);1H. The van der Waals surface area contributed by atoms with E-state index in [9.17, 15) is 32.3 Å². The van der Waals surface area contributed by atoms with Gasteiger partial charge < -0.3 is 30.3 Å². The first-order valence-corrected chi connectivity index (χ1v) is 15.3. The number of fused-ring (bicyclic) bond motifs is 3. The van der Waals surface area contributed by atoms with Crippen LogP contribution in [0.2, 0.25) is 0 Å². The molecule has 1 aliphatic carbocycles. The lowest BCUT2D eigenvalue weighted by Gasteiger charge is -2.31. The molecule has 5 rings (SSSR count). The molecule has 3 aliphatic heterocycles. The highest BCUT2D eigenvalue weighted by Crippen LogP contribution is 2.46. The fraction of sp³-hybridized carbons (Fsp3) is 0.613. The predicted molar refractivity (Wildman–Crippen MR) is 159 cm³/mol. The highest BCUT2D eigenvalue weighted by Gasteiger charge is 2.62. The summed E-state index contributed by atoms with van der Waals surface area (Å²) >= 11 is 0. The molecule has 1 aromatic rings. The number of hydrogen-bond donors (Lipinski definition) is 2. The van der Waals surface area contributed by atoms with E-state index in [4.69, 9.17) is 15.2 Å². The van der Waals surface area contributed by atoms with Gasteiger partial charge in [-0.05, 0) is 56.2 Å². The summed E-state index contributed by atoms with van der Waals surface area (Å²) in [6.07, 6.45) is 1.85. The van der Waals surface area contributed by atoms with Crippen molar-refractivity contribution in [1.82, 2.24) is 15.1 Å². The topological polar surface area (TPSA) is 131 Å². The first kappa shape index (κ1) is 34.6. The first-order valence-electron chi connectivity index (χ1n) is 15.3. The van der Waals surface area contributed by atoms with Crippen LogP contribution in [-0.4, -0.2) is 77.1 Å². The monoisotopic (exact) mass is 656 g/mol. The molecule has 248 valence electrons. The maximum atomic E-state index is 13.7. The Morgan fingerprint density at radius 3 is 2.69 bits per heavy atom. The number of carbonyl (C=O) groups is 4. The van der Waals surface area contributed by atoms with Crippen LogP contribution >= 0.6 is 12.4 Å². The van der Waals surface area contributed by atoms with Crippen molar-refractivity contribution in [3.63, 3.8) is 0 Å². The molecule has 3 N–H and O–H groups in total. The summed E-state index contributed by atoms with van der Waals surface area (Å²) in [4.78, 5) is 55.8. The third-order valence-electron chi connectivity index (χ3n) is 9.02. The number of nitrogens with two attached hydrogens (primary N) is 1. The Bertz CT molecular complexity index is 1330. The lowest BCUT2D eigenvalue weighted by molar-refractivity contribution is -0.150. The van der Waals surface area contributed by atoms with E-state index in [0.29, 0.717) is 18.4 Å². The number of ether oxygens (including phenoxy) is 2. The Morgan fingerprint density at radius 1 is 1.18 bits per heavy atom. The van der Waals surface area contributed by atoms with E-state index in [0.717, 1.165) is 31.7 Å². The molecule has 5 unspecified atom stereocenters. The van der Waals surface area contributed by atoms with Gasteiger partial charge in [0.1, 0.15) is 17.7 Å². The summed E-state index contributed by atoms with van der Waals surface area (Å²) in [5, 5.41) is 2.84. The van der Waals surface area contributed by atoms with Crippen LogP contribution in [0.15, 0.2) is 30.4 Å². The molecule has 1 aromatic carbocycles. The Hall–Kier alpha value is -3.32. The number of nitrogens with one attached hydrogen (secondary N) is 1. The van der Waals surface area contributed by atoms with Gasteiger partial charge in [-0.2, -0.15) is 13.2 Å². The zero-order chi connectivity index (χ0) is 31.6. The van der Waals surface area contributed by atoms with Gasteiger partial charge >= 0.3 is 18.2 Å². The number of amides is 3. The average molecular weight is 657 g/mol. The van der Waals surface area contributed by atoms with Gasteiger partial charge in [0, 0.05) is 25.4 Å². The van der Waals surface area contributed by atoms with E-state index >= 15 is 0 Å². The molecule has 45 heavy (non-hydrogen) atoms. The van der Waals surface area contributed by atoms with Gasteiger partial charge in [0.25, 0.3) is 0 Å². The van der Waals surface area contributed by atoms with Gasteiger partial charge in [-0.25, -0.2) is 9.59 Å². The van der Waals surface area contributed by atoms with E-state index in [1.54, 1.807) is 13.0 Å². The lowest BCUT2D eigenvalue weighted by Crippen LogP contribution is -2.55. The minimum absolute atomic E-state index is 0. The van der Waals surface area contributed by atoms with Crippen LogP contribution in [0.3, 0.4) is 0 Å². The van der Waals surface area contributed by atoms with Crippen molar-refractivity contribution >= 4 is 36.3 Å². The van der Waals surface area contributed by atoms with Crippen molar-refractivity contribution in [3.8, 4) is 0 Å². The number of alkyl halides is 3. The fourth-order valence-corrected chi connectivity index (χ4v) is 6.51. The van der Waals surface area contributed by atoms with Crippen LogP contribution < -0.4 is 11.1 Å². The molecule has 0 aromatic heterocycles. The summed E-state index contributed by atoms with van der Waals surface area (Å²) < 4.78 is 51.9. The molecular formula is C31H40ClF3N4O6. The SMILES string of the molecule is CCOC(=O)C12CC1C=CCCCCCC(N)C(=O)N1CC(OC(=O)N3CCc4cccc(C(F)(F)F)c4C3)CC1C(=O)N2.Cl. The smallest absolute Gasteiger partial charge is 0.416 e. The van der Waals surface area contributed by atoms with E-state index in [-0.39, 0.29) is 63.0 Å². The average Bonchev–Trinajstić information content (AvgIpc) is 3.52. The highest BCUT2D eigenvalue weighted by molar-refractivity contribution is 5.96. The molecule has 1 saturated heterocycles. The molecule has 3 heterocycles. The van der Waals surface area contributed by atoms with Crippen molar-refractivity contribution in [2.24, 2.45) is 11.7 Å². The Labute approximate surface area is 266 Å². The van der Waals surface area contributed by atoms with Crippen LogP contribution in [0.4, 0.5) is 18.0 Å². The number of rotatable bonds is 3. The summed E-state index contributed by atoms with van der Waals surface area (Å²) in [6.45, 7) is 1.60. The van der Waals surface area contributed by atoms with Gasteiger partial charge in [-0.3, -0.25) is 9.59 Å². The number of benzene rings is 1. The van der Waals surface area contributed by atoms with E-state index in [1.807, 2.05) is 12.2 Å². The number of hydrogen-bond acceptors (Lipinski definition) is 7. The normalized spacial score (nSPS) is 28.7. The summed E-state index contributed by atoms with van der Waals surface area (Å²) in [6, 6.07) is 2.03. The lowest BCUT2D eigenvalue weighted by atomic mass is 9.95. The second-order valence-electron chi connectivity index (χ2n) is 12.0.